The predicted octanol–water partition coefficient (Wildman–Crippen LogP) is 6.68. The van der Waals surface area contributed by atoms with Crippen LogP contribution in [0.3, 0.4) is 0 Å². The third-order valence-electron chi connectivity index (χ3n) is 8.25. The maximum atomic E-state index is 13.7. The Morgan fingerprint density at radius 1 is 1.15 bits per heavy atom. The van der Waals surface area contributed by atoms with Crippen molar-refractivity contribution in [3.63, 3.8) is 0 Å². The van der Waals surface area contributed by atoms with Crippen molar-refractivity contribution in [1.29, 1.82) is 5.26 Å². The number of urea groups is 1. The number of nitriles is 1. The van der Waals surface area contributed by atoms with Crippen molar-refractivity contribution in [3.05, 3.63) is 82.9 Å². The highest BCUT2D eigenvalue weighted by Gasteiger charge is 2.35. The van der Waals surface area contributed by atoms with Gasteiger partial charge in [0.2, 0.25) is 0 Å². The minimum absolute atomic E-state index is 0.00257. The molecular formula is C35H34N6O5S. The van der Waals surface area contributed by atoms with Crippen LogP contribution in [0.1, 0.15) is 41.9 Å². The van der Waals surface area contributed by atoms with E-state index >= 15 is 0 Å². The molecule has 6 rings (SSSR count). The number of amides is 4. The zero-order valence-electron chi connectivity index (χ0n) is 26.5. The molecule has 0 unspecified atom stereocenters. The number of likely N-dealkylation sites (tertiary alicyclic amines) is 1. The summed E-state index contributed by atoms with van der Waals surface area (Å²) in [6.07, 6.45) is 4.47. The number of anilines is 3. The van der Waals surface area contributed by atoms with Crippen molar-refractivity contribution in [2.45, 2.75) is 45.3 Å². The number of pyridine rings is 1. The highest BCUT2D eigenvalue weighted by atomic mass is 32.1. The van der Waals surface area contributed by atoms with E-state index in [1.807, 2.05) is 61.5 Å². The lowest BCUT2D eigenvalue weighted by Crippen LogP contribution is -2.50. The summed E-state index contributed by atoms with van der Waals surface area (Å²) in [6.45, 7) is 6.18. The number of nitrogens with zero attached hydrogens (tertiary/aromatic N) is 4. The minimum atomic E-state index is -0.779. The maximum Gasteiger partial charge on any atom is 0.331 e. The molecule has 2 N–H and O–H groups in total. The van der Waals surface area contributed by atoms with Gasteiger partial charge in [0.15, 0.2) is 0 Å². The average molecular weight is 651 g/mol. The second kappa shape index (κ2) is 12.9. The number of piperidine rings is 1. The van der Waals surface area contributed by atoms with Crippen LogP contribution >= 0.6 is 11.3 Å². The Morgan fingerprint density at radius 3 is 2.66 bits per heavy atom. The van der Waals surface area contributed by atoms with E-state index in [1.54, 1.807) is 35.9 Å². The molecule has 0 spiro atoms. The second-order valence-corrected chi connectivity index (χ2v) is 13.0. The number of hydrogen-bond acceptors (Lipinski definition) is 8. The molecule has 11 nitrogen and oxygen atoms in total. The third kappa shape index (κ3) is 6.40. The van der Waals surface area contributed by atoms with Crippen LogP contribution in [0, 0.1) is 18.3 Å². The summed E-state index contributed by atoms with van der Waals surface area (Å²) in [5.74, 6) is 0.593. The van der Waals surface area contributed by atoms with Gasteiger partial charge in [-0.25, -0.2) is 9.78 Å². The zero-order chi connectivity index (χ0) is 33.3. The Kier molecular flexibility index (Phi) is 8.68. The van der Waals surface area contributed by atoms with Crippen LogP contribution in [0.15, 0.2) is 72.4 Å². The minimum Gasteiger partial charge on any atom is -0.457 e. The second-order valence-electron chi connectivity index (χ2n) is 12.0. The largest absolute Gasteiger partial charge is 0.457 e. The van der Waals surface area contributed by atoms with Crippen LogP contribution < -0.4 is 20.3 Å². The third-order valence-corrected chi connectivity index (χ3v) is 9.35. The molecule has 0 saturated carbocycles. The molecule has 2 aromatic heterocycles. The van der Waals surface area contributed by atoms with Gasteiger partial charge in [0.1, 0.15) is 32.8 Å². The van der Waals surface area contributed by atoms with Crippen LogP contribution in [0.2, 0.25) is 0 Å². The number of carbonyl (C=O) groups excluding carboxylic acids is 3. The molecule has 4 amide bonds. The SMILES string of the molecule is COC(C)(C)C=C(C#N)C(=O)N1CCC[C@@H](NC(=O)c2sc3nccc4c3c2NC(=O)N4c2ccc(Oc3ccccc3)cc2C)C1. The van der Waals surface area contributed by atoms with Crippen molar-refractivity contribution in [1.82, 2.24) is 15.2 Å². The lowest BCUT2D eigenvalue weighted by molar-refractivity contribution is -0.128. The molecule has 0 bridgehead atoms. The molecule has 1 atom stereocenters. The molecule has 4 heterocycles. The Bertz CT molecular complexity index is 1950. The number of carbonyl (C=O) groups is 3. The Hall–Kier alpha value is -5.25. The maximum absolute atomic E-state index is 13.7. The topological polar surface area (TPSA) is 137 Å². The molecule has 0 radical (unpaired) electrons. The molecule has 2 aliphatic heterocycles. The molecule has 12 heteroatoms. The van der Waals surface area contributed by atoms with Gasteiger partial charge in [0, 0.05) is 32.4 Å². The lowest BCUT2D eigenvalue weighted by atomic mass is 10.0. The van der Waals surface area contributed by atoms with E-state index < -0.39 is 17.5 Å². The molecule has 2 aliphatic rings. The number of rotatable bonds is 8. The quantitative estimate of drug-likeness (QED) is 0.160. The molecule has 2 aromatic carbocycles. The number of nitrogens with one attached hydrogen (secondary N) is 2. The predicted molar refractivity (Wildman–Crippen MR) is 180 cm³/mol. The van der Waals surface area contributed by atoms with Gasteiger partial charge in [-0.2, -0.15) is 5.26 Å². The molecule has 0 aliphatic carbocycles. The first-order chi connectivity index (χ1) is 22.6. The number of benzene rings is 2. The summed E-state index contributed by atoms with van der Waals surface area (Å²) in [7, 11) is 1.52. The summed E-state index contributed by atoms with van der Waals surface area (Å²) in [5.41, 5.74) is 1.74. The monoisotopic (exact) mass is 650 g/mol. The molecular weight excluding hydrogens is 616 g/mol. The molecule has 1 saturated heterocycles. The van der Waals surface area contributed by atoms with Crippen molar-refractivity contribution < 1.29 is 23.9 Å². The first-order valence-electron chi connectivity index (χ1n) is 15.2. The summed E-state index contributed by atoms with van der Waals surface area (Å²) in [6, 6.07) is 18.0. The number of methoxy groups -OCH3 is 1. The molecule has 240 valence electrons. The summed E-state index contributed by atoms with van der Waals surface area (Å²) < 4.78 is 11.3. The molecule has 4 aromatic rings. The first kappa shape index (κ1) is 31.7. The smallest absolute Gasteiger partial charge is 0.331 e. The number of aryl methyl sites for hydroxylation is 1. The number of para-hydroxylation sites is 1. The Labute approximate surface area is 276 Å². The Morgan fingerprint density at radius 2 is 1.94 bits per heavy atom. The van der Waals surface area contributed by atoms with E-state index in [4.69, 9.17) is 9.47 Å². The van der Waals surface area contributed by atoms with Gasteiger partial charge >= 0.3 is 6.03 Å². The van der Waals surface area contributed by atoms with Crippen LogP contribution in [-0.4, -0.2) is 59.6 Å². The van der Waals surface area contributed by atoms with Crippen molar-refractivity contribution >= 4 is 56.5 Å². The van der Waals surface area contributed by atoms with E-state index in [2.05, 4.69) is 15.6 Å². The fraction of sp³-hybridized carbons (Fsp3) is 0.286. The van der Waals surface area contributed by atoms with E-state index in [0.29, 0.717) is 63.0 Å². The fourth-order valence-corrected chi connectivity index (χ4v) is 6.82. The lowest BCUT2D eigenvalue weighted by Gasteiger charge is -2.33. The van der Waals surface area contributed by atoms with Crippen LogP contribution in [0.25, 0.3) is 10.2 Å². The van der Waals surface area contributed by atoms with Gasteiger partial charge in [-0.3, -0.25) is 14.5 Å². The van der Waals surface area contributed by atoms with Crippen molar-refractivity contribution in [2.75, 3.05) is 30.4 Å². The molecule has 47 heavy (non-hydrogen) atoms. The van der Waals surface area contributed by atoms with E-state index in [1.165, 1.54) is 24.5 Å². The molecule has 1 fully saturated rings. The van der Waals surface area contributed by atoms with E-state index in [-0.39, 0.29) is 24.1 Å². The number of thiophene rings is 1. The van der Waals surface area contributed by atoms with E-state index in [0.717, 1.165) is 5.56 Å². The van der Waals surface area contributed by atoms with Gasteiger partial charge in [0.25, 0.3) is 11.8 Å². The van der Waals surface area contributed by atoms with Crippen LogP contribution in [-0.2, 0) is 9.53 Å². The first-order valence-corrected chi connectivity index (χ1v) is 16.0. The van der Waals surface area contributed by atoms with Gasteiger partial charge in [-0.1, -0.05) is 18.2 Å². The van der Waals surface area contributed by atoms with Crippen LogP contribution in [0.4, 0.5) is 21.9 Å². The average Bonchev–Trinajstić information content (AvgIpc) is 3.44. The van der Waals surface area contributed by atoms with Crippen LogP contribution in [0.5, 0.6) is 11.5 Å². The number of aromatic nitrogens is 1. The summed E-state index contributed by atoms with van der Waals surface area (Å²) >= 11 is 1.20. The standard InChI is InChI=1S/C35H34N6O5S/c1-21-17-25(46-24-10-6-5-7-11-24)12-13-26(21)41-27-14-15-37-32-28(27)29(39-34(41)44)30(47-32)31(42)38-23-9-8-16-40(20-23)33(43)22(19-36)18-35(2,3)45-4/h5-7,10-15,17-18,23H,8-9,16,20H2,1-4H3,(H,38,42)(H,39,44)/t23-/m1/s1. The highest BCUT2D eigenvalue weighted by Crippen LogP contribution is 2.46. The van der Waals surface area contributed by atoms with Gasteiger partial charge in [-0.05, 0) is 81.7 Å². The normalized spacial score (nSPS) is 16.4. The van der Waals surface area contributed by atoms with Crippen molar-refractivity contribution in [3.8, 4) is 17.6 Å². The number of hydrogen-bond donors (Lipinski definition) is 2. The van der Waals surface area contributed by atoms with Gasteiger partial charge in [0.05, 0.1) is 28.0 Å². The van der Waals surface area contributed by atoms with Crippen molar-refractivity contribution in [2.24, 2.45) is 0 Å². The summed E-state index contributed by atoms with van der Waals surface area (Å²) in [5, 5.41) is 16.3. The summed E-state index contributed by atoms with van der Waals surface area (Å²) in [4.78, 5) is 49.2. The fourth-order valence-electron chi connectivity index (χ4n) is 5.80. The highest BCUT2D eigenvalue weighted by molar-refractivity contribution is 7.21. The Balaban J connectivity index is 1.23. The number of ether oxygens (including phenoxy) is 2. The van der Waals surface area contributed by atoms with E-state index in [9.17, 15) is 19.6 Å². The van der Waals surface area contributed by atoms with Gasteiger partial charge in [-0.15, -0.1) is 11.3 Å². The van der Waals surface area contributed by atoms with Gasteiger partial charge < -0.3 is 25.0 Å². The zero-order valence-corrected chi connectivity index (χ0v) is 27.3.